The summed E-state index contributed by atoms with van der Waals surface area (Å²) in [5.41, 5.74) is 2.45. The Morgan fingerprint density at radius 2 is 1.75 bits per heavy atom. The summed E-state index contributed by atoms with van der Waals surface area (Å²) in [5, 5.41) is 0.858. The molecule has 1 aliphatic heterocycles. The lowest BCUT2D eigenvalue weighted by molar-refractivity contribution is -0.117. The first kappa shape index (κ1) is 18.0. The van der Waals surface area contributed by atoms with E-state index in [4.69, 9.17) is 4.74 Å². The Balaban J connectivity index is 1.81. The largest absolute Gasteiger partial charge is 0.496 e. The third-order valence-corrected chi connectivity index (χ3v) is 5.02. The number of methoxy groups -OCH3 is 1. The fraction of sp³-hybridized carbons (Fsp3) is 0.227. The maximum absolute atomic E-state index is 13.4. The van der Waals surface area contributed by atoms with Crippen LogP contribution in [0.2, 0.25) is 0 Å². The number of ether oxygens (including phenoxy) is 1. The van der Waals surface area contributed by atoms with E-state index in [1.54, 1.807) is 29.9 Å². The SMILES string of the molecule is COc1cc(C(=O)N2C[C@H](C)N(C(C)=O)c3ccccc32)nc2ccccc12. The van der Waals surface area contributed by atoms with E-state index < -0.39 is 0 Å². The second kappa shape index (κ2) is 6.96. The van der Waals surface area contributed by atoms with Gasteiger partial charge >= 0.3 is 0 Å². The molecule has 6 nitrogen and oxygen atoms in total. The van der Waals surface area contributed by atoms with Crippen molar-refractivity contribution in [3.8, 4) is 5.75 Å². The molecule has 2 aromatic carbocycles. The van der Waals surface area contributed by atoms with Crippen molar-refractivity contribution in [3.05, 3.63) is 60.3 Å². The van der Waals surface area contributed by atoms with Gasteiger partial charge in [-0.2, -0.15) is 0 Å². The van der Waals surface area contributed by atoms with Crippen molar-refractivity contribution in [2.45, 2.75) is 19.9 Å². The number of amides is 2. The van der Waals surface area contributed by atoms with Crippen molar-refractivity contribution < 1.29 is 14.3 Å². The van der Waals surface area contributed by atoms with Gasteiger partial charge in [0, 0.05) is 24.9 Å². The third kappa shape index (κ3) is 2.87. The van der Waals surface area contributed by atoms with Gasteiger partial charge in [-0.15, -0.1) is 0 Å². The normalized spacial score (nSPS) is 16.0. The predicted molar refractivity (Wildman–Crippen MR) is 109 cm³/mol. The number of pyridine rings is 1. The maximum Gasteiger partial charge on any atom is 0.277 e. The van der Waals surface area contributed by atoms with Gasteiger partial charge in [0.05, 0.1) is 30.0 Å². The lowest BCUT2D eigenvalue weighted by Crippen LogP contribution is -2.51. The molecule has 0 spiro atoms. The highest BCUT2D eigenvalue weighted by molar-refractivity contribution is 6.10. The molecule has 2 heterocycles. The summed E-state index contributed by atoms with van der Waals surface area (Å²) in [4.78, 5) is 33.5. The van der Waals surface area contributed by atoms with Crippen LogP contribution in [0.25, 0.3) is 10.9 Å². The van der Waals surface area contributed by atoms with Crippen molar-refractivity contribution in [3.63, 3.8) is 0 Å². The van der Waals surface area contributed by atoms with E-state index in [-0.39, 0.29) is 17.9 Å². The van der Waals surface area contributed by atoms with Crippen molar-refractivity contribution in [1.29, 1.82) is 0 Å². The molecule has 28 heavy (non-hydrogen) atoms. The minimum absolute atomic E-state index is 0.0439. The molecule has 6 heteroatoms. The van der Waals surface area contributed by atoms with E-state index >= 15 is 0 Å². The third-order valence-electron chi connectivity index (χ3n) is 5.02. The van der Waals surface area contributed by atoms with E-state index in [1.165, 1.54) is 0 Å². The first-order valence-corrected chi connectivity index (χ1v) is 9.15. The molecule has 0 saturated heterocycles. The zero-order chi connectivity index (χ0) is 19.8. The number of hydrogen-bond donors (Lipinski definition) is 0. The molecule has 1 aromatic heterocycles. The Hall–Kier alpha value is -3.41. The van der Waals surface area contributed by atoms with Crippen LogP contribution in [0.4, 0.5) is 11.4 Å². The molecule has 2 amide bonds. The van der Waals surface area contributed by atoms with E-state index in [1.807, 2.05) is 55.5 Å². The van der Waals surface area contributed by atoms with Crippen LogP contribution in [0.5, 0.6) is 5.75 Å². The number of nitrogens with zero attached hydrogens (tertiary/aromatic N) is 3. The average Bonchev–Trinajstić information content (AvgIpc) is 2.71. The molecule has 0 unspecified atom stereocenters. The molecule has 0 aliphatic carbocycles. The van der Waals surface area contributed by atoms with Gasteiger partial charge in [-0.1, -0.05) is 24.3 Å². The summed E-state index contributed by atoms with van der Waals surface area (Å²) in [7, 11) is 1.58. The second-order valence-electron chi connectivity index (χ2n) is 6.87. The zero-order valence-electron chi connectivity index (χ0n) is 16.0. The summed E-state index contributed by atoms with van der Waals surface area (Å²) in [6.45, 7) is 3.87. The van der Waals surface area contributed by atoms with Gasteiger partial charge in [-0.05, 0) is 31.2 Å². The van der Waals surface area contributed by atoms with E-state index in [2.05, 4.69) is 4.98 Å². The molecule has 0 bridgehead atoms. The van der Waals surface area contributed by atoms with Crippen LogP contribution in [0.1, 0.15) is 24.3 Å². The first-order valence-electron chi connectivity index (χ1n) is 9.15. The Kier molecular flexibility index (Phi) is 4.47. The molecule has 1 aliphatic rings. The Labute approximate surface area is 163 Å². The lowest BCUT2D eigenvalue weighted by atomic mass is 10.1. The molecule has 0 saturated carbocycles. The van der Waals surface area contributed by atoms with Crippen LogP contribution in [0.3, 0.4) is 0 Å². The molecule has 0 N–H and O–H groups in total. The van der Waals surface area contributed by atoms with Gasteiger partial charge in [0.1, 0.15) is 11.4 Å². The Morgan fingerprint density at radius 3 is 2.46 bits per heavy atom. The first-order chi connectivity index (χ1) is 13.5. The number of benzene rings is 2. The second-order valence-corrected chi connectivity index (χ2v) is 6.87. The minimum Gasteiger partial charge on any atom is -0.496 e. The number of para-hydroxylation sites is 3. The zero-order valence-corrected chi connectivity index (χ0v) is 16.0. The van der Waals surface area contributed by atoms with Gasteiger partial charge in [-0.3, -0.25) is 9.59 Å². The number of carbonyl (C=O) groups is 2. The smallest absolute Gasteiger partial charge is 0.277 e. The summed E-state index contributed by atoms with van der Waals surface area (Å²) < 4.78 is 5.48. The lowest BCUT2D eigenvalue weighted by Gasteiger charge is -2.40. The van der Waals surface area contributed by atoms with Gasteiger partial charge in [0.15, 0.2) is 0 Å². The number of carbonyl (C=O) groups excluding carboxylic acids is 2. The van der Waals surface area contributed by atoms with Gasteiger partial charge in [0.25, 0.3) is 5.91 Å². The number of anilines is 2. The molecular formula is C22H21N3O3. The Morgan fingerprint density at radius 1 is 1.07 bits per heavy atom. The standard InChI is InChI=1S/C22H21N3O3/c1-14-13-24(19-10-6-7-11-20(19)25(14)15(2)26)22(27)18-12-21(28-3)16-8-4-5-9-17(16)23-18/h4-12,14H,13H2,1-3H3/t14-/m0/s1. The quantitative estimate of drug-likeness (QED) is 0.686. The number of aromatic nitrogens is 1. The molecular weight excluding hydrogens is 354 g/mol. The van der Waals surface area contributed by atoms with Crippen molar-refractivity contribution in [1.82, 2.24) is 4.98 Å². The fourth-order valence-corrected chi connectivity index (χ4v) is 3.81. The monoisotopic (exact) mass is 375 g/mol. The number of fused-ring (bicyclic) bond motifs is 2. The van der Waals surface area contributed by atoms with E-state index in [0.29, 0.717) is 29.2 Å². The molecule has 4 rings (SSSR count). The van der Waals surface area contributed by atoms with Crippen LogP contribution in [0, 0.1) is 0 Å². The van der Waals surface area contributed by atoms with Crippen LogP contribution in [0.15, 0.2) is 54.6 Å². The summed E-state index contributed by atoms with van der Waals surface area (Å²) in [6, 6.07) is 16.5. The van der Waals surface area contributed by atoms with Gasteiger partial charge < -0.3 is 14.5 Å². The minimum atomic E-state index is -0.216. The fourth-order valence-electron chi connectivity index (χ4n) is 3.81. The van der Waals surface area contributed by atoms with Gasteiger partial charge in [0.2, 0.25) is 5.91 Å². The predicted octanol–water partition coefficient (Wildman–Crippen LogP) is 3.65. The molecule has 0 radical (unpaired) electrons. The highest BCUT2D eigenvalue weighted by atomic mass is 16.5. The molecule has 3 aromatic rings. The van der Waals surface area contributed by atoms with Crippen LogP contribution in [-0.4, -0.2) is 36.5 Å². The van der Waals surface area contributed by atoms with Crippen LogP contribution in [-0.2, 0) is 4.79 Å². The van der Waals surface area contributed by atoms with Crippen molar-refractivity contribution in [2.75, 3.05) is 23.5 Å². The highest BCUT2D eigenvalue weighted by Crippen LogP contribution is 2.36. The topological polar surface area (TPSA) is 62.7 Å². The molecule has 0 fully saturated rings. The number of hydrogen-bond acceptors (Lipinski definition) is 4. The maximum atomic E-state index is 13.4. The van der Waals surface area contributed by atoms with Crippen LogP contribution >= 0.6 is 0 Å². The summed E-state index contributed by atoms with van der Waals surface area (Å²) >= 11 is 0. The molecule has 1 atom stereocenters. The van der Waals surface area contributed by atoms with Crippen molar-refractivity contribution >= 4 is 34.1 Å². The summed E-state index contributed by atoms with van der Waals surface area (Å²) in [6.07, 6.45) is 0. The van der Waals surface area contributed by atoms with E-state index in [0.717, 1.165) is 11.1 Å². The van der Waals surface area contributed by atoms with Gasteiger partial charge in [-0.25, -0.2) is 4.98 Å². The van der Waals surface area contributed by atoms with Crippen LogP contribution < -0.4 is 14.5 Å². The van der Waals surface area contributed by atoms with Crippen molar-refractivity contribution in [2.24, 2.45) is 0 Å². The molecule has 142 valence electrons. The van der Waals surface area contributed by atoms with E-state index in [9.17, 15) is 9.59 Å². The highest BCUT2D eigenvalue weighted by Gasteiger charge is 2.34. The summed E-state index contributed by atoms with van der Waals surface area (Å²) in [5.74, 6) is 0.349. The average molecular weight is 375 g/mol. The Bertz CT molecular complexity index is 1080. The number of rotatable bonds is 2.